The van der Waals surface area contributed by atoms with Crippen LogP contribution in [0.3, 0.4) is 0 Å². The minimum Gasteiger partial charge on any atom is -0.481 e. The molecule has 1 atom stereocenters. The minimum atomic E-state index is -0.903. The molecule has 18 heavy (non-hydrogen) atoms. The maximum atomic E-state index is 11.8. The van der Waals surface area contributed by atoms with Crippen molar-refractivity contribution in [3.63, 3.8) is 0 Å². The van der Waals surface area contributed by atoms with Crippen molar-refractivity contribution in [1.29, 1.82) is 0 Å². The summed E-state index contributed by atoms with van der Waals surface area (Å²) in [6.45, 7) is 4.68. The molecule has 106 valence electrons. The molecule has 0 aromatic carbocycles. The van der Waals surface area contributed by atoms with Crippen LogP contribution in [-0.2, 0) is 4.79 Å². The number of carboxylic acid groups (broad SMARTS) is 1. The monoisotopic (exact) mass is 260 g/mol. The Balaban J connectivity index is 4.19. The first-order valence-corrected chi connectivity index (χ1v) is 6.43. The molecular formula is C12H24N2O4. The van der Waals surface area contributed by atoms with E-state index in [1.165, 1.54) is 4.90 Å². The van der Waals surface area contributed by atoms with Gasteiger partial charge in [-0.1, -0.05) is 20.3 Å². The van der Waals surface area contributed by atoms with E-state index in [0.29, 0.717) is 13.0 Å². The molecule has 0 aliphatic heterocycles. The number of amides is 2. The van der Waals surface area contributed by atoms with Gasteiger partial charge in [0.2, 0.25) is 0 Å². The summed E-state index contributed by atoms with van der Waals surface area (Å²) >= 11 is 0. The maximum Gasteiger partial charge on any atom is 0.317 e. The summed E-state index contributed by atoms with van der Waals surface area (Å²) in [4.78, 5) is 24.1. The van der Waals surface area contributed by atoms with E-state index in [2.05, 4.69) is 5.32 Å². The zero-order chi connectivity index (χ0) is 14.0. The summed E-state index contributed by atoms with van der Waals surface area (Å²) in [6.07, 6.45) is 2.30. The summed E-state index contributed by atoms with van der Waals surface area (Å²) in [5.41, 5.74) is 0. The van der Waals surface area contributed by atoms with Crippen LogP contribution in [0.2, 0.25) is 0 Å². The van der Waals surface area contributed by atoms with Crippen molar-refractivity contribution in [3.05, 3.63) is 0 Å². The van der Waals surface area contributed by atoms with Crippen molar-refractivity contribution in [1.82, 2.24) is 10.2 Å². The number of aliphatic hydroxyl groups excluding tert-OH is 1. The zero-order valence-corrected chi connectivity index (χ0v) is 11.2. The molecule has 0 heterocycles. The SMILES string of the molecule is CCCCN(CCO)C(=O)NCC(CC)C(=O)O. The summed E-state index contributed by atoms with van der Waals surface area (Å²) < 4.78 is 0. The predicted octanol–water partition coefficient (Wildman–Crippen LogP) is 0.901. The van der Waals surface area contributed by atoms with Gasteiger partial charge in [-0.15, -0.1) is 0 Å². The van der Waals surface area contributed by atoms with Crippen LogP contribution in [-0.4, -0.2) is 53.4 Å². The van der Waals surface area contributed by atoms with Crippen LogP contribution in [0.15, 0.2) is 0 Å². The zero-order valence-electron chi connectivity index (χ0n) is 11.2. The number of aliphatic hydroxyl groups is 1. The second kappa shape index (κ2) is 9.70. The number of hydrogen-bond donors (Lipinski definition) is 3. The van der Waals surface area contributed by atoms with Gasteiger partial charge in [0.05, 0.1) is 12.5 Å². The number of carboxylic acids is 1. The number of nitrogens with zero attached hydrogens (tertiary/aromatic N) is 1. The summed E-state index contributed by atoms with van der Waals surface area (Å²) in [6, 6.07) is -0.308. The van der Waals surface area contributed by atoms with Crippen molar-refractivity contribution in [2.24, 2.45) is 5.92 Å². The molecule has 3 N–H and O–H groups in total. The van der Waals surface area contributed by atoms with E-state index in [-0.39, 0.29) is 25.7 Å². The first-order valence-electron chi connectivity index (χ1n) is 6.43. The van der Waals surface area contributed by atoms with Crippen molar-refractivity contribution in [3.8, 4) is 0 Å². The number of urea groups is 1. The first kappa shape index (κ1) is 16.7. The lowest BCUT2D eigenvalue weighted by molar-refractivity contribution is -0.141. The van der Waals surface area contributed by atoms with E-state index in [9.17, 15) is 9.59 Å². The molecule has 6 nitrogen and oxygen atoms in total. The molecule has 0 aliphatic rings. The largest absolute Gasteiger partial charge is 0.481 e. The number of unbranched alkanes of at least 4 members (excludes halogenated alkanes) is 1. The molecule has 2 amide bonds. The molecule has 0 aromatic rings. The highest BCUT2D eigenvalue weighted by Crippen LogP contribution is 2.02. The topological polar surface area (TPSA) is 89.9 Å². The number of carbonyl (C=O) groups excluding carboxylic acids is 1. The fraction of sp³-hybridized carbons (Fsp3) is 0.833. The predicted molar refractivity (Wildman–Crippen MR) is 68.4 cm³/mol. The summed E-state index contributed by atoms with van der Waals surface area (Å²) in [5.74, 6) is -1.46. The molecule has 0 saturated carbocycles. The highest BCUT2D eigenvalue weighted by atomic mass is 16.4. The van der Waals surface area contributed by atoms with Crippen molar-refractivity contribution in [2.75, 3.05) is 26.2 Å². The lowest BCUT2D eigenvalue weighted by Gasteiger charge is -2.22. The third kappa shape index (κ3) is 6.44. The number of carbonyl (C=O) groups is 2. The smallest absolute Gasteiger partial charge is 0.317 e. The van der Waals surface area contributed by atoms with Crippen LogP contribution in [0.4, 0.5) is 4.79 Å². The average Bonchev–Trinajstić information content (AvgIpc) is 2.34. The number of hydrogen-bond acceptors (Lipinski definition) is 3. The van der Waals surface area contributed by atoms with Gasteiger partial charge in [0.15, 0.2) is 0 Å². The van der Waals surface area contributed by atoms with Gasteiger partial charge in [-0.05, 0) is 12.8 Å². The van der Waals surface area contributed by atoms with Gasteiger partial charge >= 0.3 is 12.0 Å². The van der Waals surface area contributed by atoms with Gasteiger partial charge in [0, 0.05) is 19.6 Å². The molecule has 0 bridgehead atoms. The highest BCUT2D eigenvalue weighted by Gasteiger charge is 2.18. The van der Waals surface area contributed by atoms with Crippen LogP contribution >= 0.6 is 0 Å². The lowest BCUT2D eigenvalue weighted by atomic mass is 10.1. The molecule has 0 aliphatic carbocycles. The molecule has 0 aromatic heterocycles. The Morgan fingerprint density at radius 2 is 1.94 bits per heavy atom. The Morgan fingerprint density at radius 1 is 1.28 bits per heavy atom. The van der Waals surface area contributed by atoms with Gasteiger partial charge in [0.1, 0.15) is 0 Å². The van der Waals surface area contributed by atoms with E-state index < -0.39 is 11.9 Å². The molecule has 0 radical (unpaired) electrons. The van der Waals surface area contributed by atoms with Gasteiger partial charge in [-0.2, -0.15) is 0 Å². The molecule has 0 fully saturated rings. The Hall–Kier alpha value is -1.30. The van der Waals surface area contributed by atoms with Crippen molar-refractivity contribution < 1.29 is 19.8 Å². The third-order valence-corrected chi connectivity index (χ3v) is 2.78. The molecular weight excluding hydrogens is 236 g/mol. The van der Waals surface area contributed by atoms with Crippen LogP contribution in [0.5, 0.6) is 0 Å². The van der Waals surface area contributed by atoms with E-state index in [1.54, 1.807) is 6.92 Å². The Morgan fingerprint density at radius 3 is 2.39 bits per heavy atom. The minimum absolute atomic E-state index is 0.0900. The Kier molecular flexibility index (Phi) is 9.00. The van der Waals surface area contributed by atoms with Gasteiger partial charge in [-0.3, -0.25) is 4.79 Å². The van der Waals surface area contributed by atoms with Gasteiger partial charge in [-0.25, -0.2) is 4.79 Å². The molecule has 0 saturated heterocycles. The number of nitrogens with one attached hydrogen (secondary N) is 1. The number of rotatable bonds is 9. The van der Waals surface area contributed by atoms with E-state index in [0.717, 1.165) is 12.8 Å². The van der Waals surface area contributed by atoms with Crippen LogP contribution in [0, 0.1) is 5.92 Å². The van der Waals surface area contributed by atoms with Crippen molar-refractivity contribution >= 4 is 12.0 Å². The normalized spacial score (nSPS) is 11.9. The lowest BCUT2D eigenvalue weighted by Crippen LogP contribution is -2.44. The summed E-state index contributed by atoms with van der Waals surface area (Å²) in [7, 11) is 0. The van der Waals surface area contributed by atoms with E-state index in [4.69, 9.17) is 10.2 Å². The van der Waals surface area contributed by atoms with E-state index in [1.807, 2.05) is 6.92 Å². The van der Waals surface area contributed by atoms with E-state index >= 15 is 0 Å². The first-order chi connectivity index (χ1) is 8.56. The number of aliphatic carboxylic acids is 1. The second-order valence-electron chi connectivity index (χ2n) is 4.19. The quantitative estimate of drug-likeness (QED) is 0.574. The highest BCUT2D eigenvalue weighted by molar-refractivity contribution is 5.76. The van der Waals surface area contributed by atoms with Gasteiger partial charge in [0.25, 0.3) is 0 Å². The third-order valence-electron chi connectivity index (χ3n) is 2.78. The fourth-order valence-corrected chi connectivity index (χ4v) is 1.51. The Labute approximate surface area is 108 Å². The summed E-state index contributed by atoms with van der Waals surface area (Å²) in [5, 5.41) is 20.3. The molecule has 6 heteroatoms. The second-order valence-corrected chi connectivity index (χ2v) is 4.19. The molecule has 1 unspecified atom stereocenters. The molecule has 0 rings (SSSR count). The van der Waals surface area contributed by atoms with Crippen molar-refractivity contribution in [2.45, 2.75) is 33.1 Å². The standard InChI is InChI=1S/C12H24N2O4/c1-3-5-6-14(7-8-15)12(18)13-9-10(4-2)11(16)17/h10,15H,3-9H2,1-2H3,(H,13,18)(H,16,17). The fourth-order valence-electron chi connectivity index (χ4n) is 1.51. The van der Waals surface area contributed by atoms with Crippen LogP contribution in [0.25, 0.3) is 0 Å². The maximum absolute atomic E-state index is 11.8. The van der Waals surface area contributed by atoms with Crippen LogP contribution in [0.1, 0.15) is 33.1 Å². The van der Waals surface area contributed by atoms with Gasteiger partial charge < -0.3 is 20.4 Å². The average molecular weight is 260 g/mol. The van der Waals surface area contributed by atoms with Crippen LogP contribution < -0.4 is 5.32 Å². The molecule has 0 spiro atoms. The Bertz CT molecular complexity index is 258.